The average Bonchev–Trinajstić information content (AvgIpc) is 3.21. The molecule has 1 saturated carbocycles. The summed E-state index contributed by atoms with van der Waals surface area (Å²) in [6.45, 7) is 0. The Labute approximate surface area is 162 Å². The van der Waals surface area contributed by atoms with Gasteiger partial charge in [-0.2, -0.15) is 0 Å². The van der Waals surface area contributed by atoms with E-state index in [-0.39, 0.29) is 23.6 Å². The van der Waals surface area contributed by atoms with Gasteiger partial charge in [0.25, 0.3) is 0 Å². The standard InChI is InChI=1S/C23H32O4/c1-27-22(25)12-5-3-2-4-10-19-17(13-14-21(19)24)9-7-15-23(26)16-18-8-6-11-20(18)23/h6-9,13-14,17-20,26H,2-5,10-12,15-16H2,1H3/b9-7+/t17-,18?,19+,20?,23?/m0/s1. The number of methoxy groups -OCH3 is 1. The molecule has 148 valence electrons. The topological polar surface area (TPSA) is 63.6 Å². The summed E-state index contributed by atoms with van der Waals surface area (Å²) in [6.07, 6.45) is 20.2. The molecule has 0 bridgehead atoms. The number of carbonyl (C=O) groups excluding carboxylic acids is 2. The third kappa shape index (κ3) is 4.78. The molecule has 0 heterocycles. The van der Waals surface area contributed by atoms with Crippen molar-refractivity contribution in [2.75, 3.05) is 7.11 Å². The molecule has 0 aromatic carbocycles. The Morgan fingerprint density at radius 3 is 2.89 bits per heavy atom. The van der Waals surface area contributed by atoms with Crippen LogP contribution < -0.4 is 0 Å². The molecular formula is C23H32O4. The van der Waals surface area contributed by atoms with Gasteiger partial charge in [0.05, 0.1) is 12.7 Å². The van der Waals surface area contributed by atoms with Crippen LogP contribution in [0.5, 0.6) is 0 Å². The van der Waals surface area contributed by atoms with Crippen molar-refractivity contribution < 1.29 is 19.4 Å². The van der Waals surface area contributed by atoms with Crippen molar-refractivity contribution in [1.29, 1.82) is 0 Å². The summed E-state index contributed by atoms with van der Waals surface area (Å²) in [7, 11) is 1.42. The molecular weight excluding hydrogens is 340 g/mol. The van der Waals surface area contributed by atoms with E-state index in [9.17, 15) is 14.7 Å². The van der Waals surface area contributed by atoms with E-state index >= 15 is 0 Å². The summed E-state index contributed by atoms with van der Waals surface area (Å²) in [5.41, 5.74) is -0.549. The molecule has 3 aliphatic rings. The number of aliphatic hydroxyl groups is 1. The van der Waals surface area contributed by atoms with Gasteiger partial charge in [0.15, 0.2) is 5.78 Å². The zero-order valence-electron chi connectivity index (χ0n) is 16.3. The van der Waals surface area contributed by atoms with Crippen molar-refractivity contribution in [3.05, 3.63) is 36.5 Å². The van der Waals surface area contributed by atoms with Gasteiger partial charge >= 0.3 is 5.97 Å². The van der Waals surface area contributed by atoms with Crippen LogP contribution in [0.15, 0.2) is 36.5 Å². The lowest BCUT2D eigenvalue weighted by atomic mass is 9.61. The first-order chi connectivity index (χ1) is 13.0. The van der Waals surface area contributed by atoms with Crippen LogP contribution in [0.3, 0.4) is 0 Å². The van der Waals surface area contributed by atoms with Gasteiger partial charge in [-0.25, -0.2) is 0 Å². The third-order valence-corrected chi connectivity index (χ3v) is 6.59. The molecule has 0 radical (unpaired) electrons. The number of hydrogen-bond acceptors (Lipinski definition) is 4. The van der Waals surface area contributed by atoms with Crippen LogP contribution >= 0.6 is 0 Å². The summed E-state index contributed by atoms with van der Waals surface area (Å²) < 4.78 is 4.64. The lowest BCUT2D eigenvalue weighted by molar-refractivity contribution is -0.140. The zero-order chi connectivity index (χ0) is 19.3. The number of ether oxygens (including phenoxy) is 1. The number of esters is 1. The fourth-order valence-electron chi connectivity index (χ4n) is 4.88. The summed E-state index contributed by atoms with van der Waals surface area (Å²) in [4.78, 5) is 23.3. The number of hydrogen-bond donors (Lipinski definition) is 1. The van der Waals surface area contributed by atoms with Crippen molar-refractivity contribution in [3.8, 4) is 0 Å². The highest BCUT2D eigenvalue weighted by Gasteiger charge is 2.51. The van der Waals surface area contributed by atoms with Crippen LogP contribution in [-0.2, 0) is 14.3 Å². The van der Waals surface area contributed by atoms with Crippen LogP contribution in [0.1, 0.15) is 57.8 Å². The van der Waals surface area contributed by atoms with Gasteiger partial charge in [0.2, 0.25) is 0 Å². The Balaban J connectivity index is 1.37. The van der Waals surface area contributed by atoms with Crippen molar-refractivity contribution >= 4 is 11.8 Å². The Kier molecular flexibility index (Phi) is 6.69. The second-order valence-corrected chi connectivity index (χ2v) is 8.35. The maximum atomic E-state index is 12.2. The van der Waals surface area contributed by atoms with Crippen molar-refractivity contribution in [2.24, 2.45) is 23.7 Å². The Morgan fingerprint density at radius 1 is 1.30 bits per heavy atom. The van der Waals surface area contributed by atoms with Crippen LogP contribution in [0, 0.1) is 23.7 Å². The van der Waals surface area contributed by atoms with Crippen LogP contribution in [0.2, 0.25) is 0 Å². The lowest BCUT2D eigenvalue weighted by Gasteiger charge is -2.48. The Bertz CT molecular complexity index is 632. The van der Waals surface area contributed by atoms with E-state index in [2.05, 4.69) is 29.0 Å². The highest BCUT2D eigenvalue weighted by molar-refractivity contribution is 5.94. The molecule has 0 spiro atoms. The minimum Gasteiger partial charge on any atom is -0.469 e. The van der Waals surface area contributed by atoms with E-state index in [1.54, 1.807) is 6.08 Å². The summed E-state index contributed by atoms with van der Waals surface area (Å²) in [5, 5.41) is 10.7. The molecule has 3 aliphatic carbocycles. The molecule has 1 N–H and O–H groups in total. The van der Waals surface area contributed by atoms with Crippen LogP contribution in [-0.4, -0.2) is 29.6 Å². The first-order valence-corrected chi connectivity index (χ1v) is 10.4. The van der Waals surface area contributed by atoms with E-state index in [4.69, 9.17) is 0 Å². The molecule has 4 heteroatoms. The van der Waals surface area contributed by atoms with Crippen molar-refractivity contribution in [2.45, 2.75) is 63.4 Å². The number of fused-ring (bicyclic) bond motifs is 1. The molecule has 3 unspecified atom stereocenters. The molecule has 0 saturated heterocycles. The molecule has 27 heavy (non-hydrogen) atoms. The van der Waals surface area contributed by atoms with Gasteiger partial charge < -0.3 is 9.84 Å². The van der Waals surface area contributed by atoms with E-state index < -0.39 is 5.60 Å². The fourth-order valence-corrected chi connectivity index (χ4v) is 4.88. The molecule has 0 aliphatic heterocycles. The number of unbranched alkanes of at least 4 members (excludes halogenated alkanes) is 3. The van der Waals surface area contributed by atoms with Gasteiger partial charge in [-0.15, -0.1) is 0 Å². The smallest absolute Gasteiger partial charge is 0.305 e. The minimum absolute atomic E-state index is 0.0405. The van der Waals surface area contributed by atoms with Crippen LogP contribution in [0.25, 0.3) is 0 Å². The first kappa shape index (κ1) is 20.1. The third-order valence-electron chi connectivity index (χ3n) is 6.59. The highest BCUT2D eigenvalue weighted by Crippen LogP contribution is 2.52. The highest BCUT2D eigenvalue weighted by atomic mass is 16.5. The molecule has 1 fully saturated rings. The Hall–Kier alpha value is -1.68. The maximum Gasteiger partial charge on any atom is 0.305 e. The van der Waals surface area contributed by atoms with Gasteiger partial charge in [0, 0.05) is 18.3 Å². The predicted molar refractivity (Wildman–Crippen MR) is 105 cm³/mol. The van der Waals surface area contributed by atoms with Gasteiger partial charge in [0.1, 0.15) is 0 Å². The van der Waals surface area contributed by atoms with Crippen LogP contribution in [0.4, 0.5) is 0 Å². The molecule has 4 nitrogen and oxygen atoms in total. The quantitative estimate of drug-likeness (QED) is 0.355. The average molecular weight is 373 g/mol. The maximum absolute atomic E-state index is 12.2. The van der Waals surface area contributed by atoms with Crippen molar-refractivity contribution in [3.63, 3.8) is 0 Å². The molecule has 5 atom stereocenters. The summed E-state index contributed by atoms with van der Waals surface area (Å²) in [6, 6.07) is 0. The number of carbonyl (C=O) groups is 2. The minimum atomic E-state index is -0.549. The summed E-state index contributed by atoms with van der Waals surface area (Å²) in [5.74, 6) is 1.24. The lowest BCUT2D eigenvalue weighted by Crippen LogP contribution is -2.51. The zero-order valence-corrected chi connectivity index (χ0v) is 16.3. The monoisotopic (exact) mass is 372 g/mol. The molecule has 0 aromatic heterocycles. The second kappa shape index (κ2) is 9.01. The van der Waals surface area contributed by atoms with Crippen molar-refractivity contribution in [1.82, 2.24) is 0 Å². The van der Waals surface area contributed by atoms with E-state index in [1.165, 1.54) is 7.11 Å². The van der Waals surface area contributed by atoms with Gasteiger partial charge in [-0.05, 0) is 50.0 Å². The molecule has 3 rings (SSSR count). The van der Waals surface area contributed by atoms with E-state index in [0.717, 1.165) is 44.9 Å². The number of rotatable bonds is 10. The van der Waals surface area contributed by atoms with Gasteiger partial charge in [-0.3, -0.25) is 9.59 Å². The molecule has 0 amide bonds. The number of ketones is 1. The van der Waals surface area contributed by atoms with E-state index in [1.807, 2.05) is 6.08 Å². The molecule has 0 aromatic rings. The number of allylic oxidation sites excluding steroid dienone is 5. The second-order valence-electron chi connectivity index (χ2n) is 8.35. The Morgan fingerprint density at radius 2 is 2.11 bits per heavy atom. The summed E-state index contributed by atoms with van der Waals surface area (Å²) >= 11 is 0. The normalized spacial score (nSPS) is 34.2. The van der Waals surface area contributed by atoms with E-state index in [0.29, 0.717) is 24.7 Å². The fraction of sp³-hybridized carbons (Fsp3) is 0.652. The SMILES string of the molecule is COC(=O)CCCCCC[C@H]1C(=O)C=C[C@@H]1/C=C/CC1(O)CC2C=CCC21. The predicted octanol–water partition coefficient (Wildman–Crippen LogP) is 4.14. The largest absolute Gasteiger partial charge is 0.469 e. The first-order valence-electron chi connectivity index (χ1n) is 10.4. The van der Waals surface area contributed by atoms with Gasteiger partial charge in [-0.1, -0.05) is 49.6 Å².